The van der Waals surface area contributed by atoms with Gasteiger partial charge in [-0.3, -0.25) is 4.90 Å². The topological polar surface area (TPSA) is 20.3 Å². The van der Waals surface area contributed by atoms with Crippen molar-refractivity contribution < 1.29 is 4.79 Å². The molecule has 2 rings (SSSR count). The molecule has 0 aliphatic carbocycles. The molecular weight excluding hydrogens is 162 g/mol. The van der Waals surface area contributed by atoms with Gasteiger partial charge in [0.05, 0.1) is 0 Å². The van der Waals surface area contributed by atoms with Gasteiger partial charge in [0.15, 0.2) is 0 Å². The molecule has 72 valence electrons. The zero-order valence-electron chi connectivity index (χ0n) is 8.20. The Kier molecular flexibility index (Phi) is 2.49. The van der Waals surface area contributed by atoms with E-state index < -0.39 is 0 Å². The molecule has 0 spiro atoms. The first-order valence-electron chi connectivity index (χ1n) is 5.17. The molecule has 0 aromatic rings. The minimum Gasteiger partial charge on any atom is -0.303 e. The number of hydrogen-bond donors (Lipinski definition) is 0. The minimum absolute atomic E-state index is 0.331. The van der Waals surface area contributed by atoms with E-state index >= 15 is 0 Å². The predicted octanol–water partition coefficient (Wildman–Crippen LogP) is 1.62. The molecule has 2 saturated heterocycles. The highest BCUT2D eigenvalue weighted by Crippen LogP contribution is 2.31. The van der Waals surface area contributed by atoms with E-state index in [0.717, 1.165) is 32.2 Å². The second kappa shape index (κ2) is 3.62. The molecule has 2 fully saturated rings. The second-order valence-corrected chi connectivity index (χ2v) is 4.20. The first kappa shape index (κ1) is 8.95. The van der Waals surface area contributed by atoms with Crippen LogP contribution in [0, 0.1) is 5.92 Å². The number of rotatable bonds is 1. The lowest BCUT2D eigenvalue weighted by atomic mass is 9.92. The van der Waals surface area contributed by atoms with Crippen molar-refractivity contribution in [3.05, 3.63) is 11.6 Å². The summed E-state index contributed by atoms with van der Waals surface area (Å²) in [6.45, 7) is 4.38. The standard InChI is InChI=1S/C11H17NO/c1-2-9-5-11-6-10(8-13)3-4-12(11)7-9/h2,8,10-11H,3-7H2,1H3/t10?,11-/m1/s1. The van der Waals surface area contributed by atoms with E-state index in [1.165, 1.54) is 6.42 Å². The molecule has 0 aromatic heterocycles. The Bertz CT molecular complexity index is 234. The highest BCUT2D eigenvalue weighted by atomic mass is 16.1. The predicted molar refractivity (Wildman–Crippen MR) is 52.5 cm³/mol. The summed E-state index contributed by atoms with van der Waals surface area (Å²) in [6.07, 6.45) is 6.72. The lowest BCUT2D eigenvalue weighted by Crippen LogP contribution is -2.38. The van der Waals surface area contributed by atoms with Crippen molar-refractivity contribution in [3.63, 3.8) is 0 Å². The summed E-state index contributed by atoms with van der Waals surface area (Å²) in [4.78, 5) is 13.2. The van der Waals surface area contributed by atoms with Gasteiger partial charge in [-0.05, 0) is 32.7 Å². The van der Waals surface area contributed by atoms with Crippen LogP contribution < -0.4 is 0 Å². The van der Waals surface area contributed by atoms with Crippen molar-refractivity contribution >= 4 is 6.29 Å². The largest absolute Gasteiger partial charge is 0.303 e. The van der Waals surface area contributed by atoms with Gasteiger partial charge >= 0.3 is 0 Å². The summed E-state index contributed by atoms with van der Waals surface area (Å²) in [5.74, 6) is 0.331. The summed E-state index contributed by atoms with van der Waals surface area (Å²) >= 11 is 0. The van der Waals surface area contributed by atoms with Crippen LogP contribution in [-0.2, 0) is 4.79 Å². The van der Waals surface area contributed by atoms with Crippen molar-refractivity contribution in [1.82, 2.24) is 4.90 Å². The van der Waals surface area contributed by atoms with Gasteiger partial charge in [-0.25, -0.2) is 0 Å². The molecule has 2 nitrogen and oxygen atoms in total. The zero-order valence-corrected chi connectivity index (χ0v) is 8.20. The van der Waals surface area contributed by atoms with E-state index in [1.54, 1.807) is 5.57 Å². The highest BCUT2D eigenvalue weighted by molar-refractivity contribution is 5.53. The van der Waals surface area contributed by atoms with Gasteiger partial charge in [-0.1, -0.05) is 11.6 Å². The van der Waals surface area contributed by atoms with Crippen LogP contribution >= 0.6 is 0 Å². The van der Waals surface area contributed by atoms with E-state index in [4.69, 9.17) is 0 Å². The van der Waals surface area contributed by atoms with Crippen molar-refractivity contribution in [2.24, 2.45) is 5.92 Å². The molecule has 0 N–H and O–H groups in total. The normalized spacial score (nSPS) is 37.8. The Hall–Kier alpha value is -0.630. The molecule has 2 heterocycles. The first-order chi connectivity index (χ1) is 6.33. The van der Waals surface area contributed by atoms with Crippen LogP contribution in [0.2, 0.25) is 0 Å². The van der Waals surface area contributed by atoms with Crippen LogP contribution in [0.3, 0.4) is 0 Å². The monoisotopic (exact) mass is 179 g/mol. The lowest BCUT2D eigenvalue weighted by Gasteiger charge is -2.31. The van der Waals surface area contributed by atoms with Crippen LogP contribution in [0.25, 0.3) is 0 Å². The van der Waals surface area contributed by atoms with Crippen molar-refractivity contribution in [2.75, 3.05) is 13.1 Å². The Balaban J connectivity index is 2.01. The third-order valence-corrected chi connectivity index (χ3v) is 3.38. The van der Waals surface area contributed by atoms with Crippen LogP contribution in [0.4, 0.5) is 0 Å². The smallest absolute Gasteiger partial charge is 0.123 e. The number of piperidine rings is 1. The number of carbonyl (C=O) groups is 1. The number of nitrogens with zero attached hydrogens (tertiary/aromatic N) is 1. The molecular formula is C11H17NO. The van der Waals surface area contributed by atoms with E-state index in [9.17, 15) is 4.79 Å². The van der Waals surface area contributed by atoms with Crippen LogP contribution in [0.1, 0.15) is 26.2 Å². The maximum absolute atomic E-state index is 10.7. The number of allylic oxidation sites excluding steroid dienone is 1. The quantitative estimate of drug-likeness (QED) is 0.450. The van der Waals surface area contributed by atoms with Gasteiger partial charge in [0, 0.05) is 18.5 Å². The van der Waals surface area contributed by atoms with Crippen molar-refractivity contribution in [3.8, 4) is 0 Å². The summed E-state index contributed by atoms with van der Waals surface area (Å²) < 4.78 is 0. The molecule has 13 heavy (non-hydrogen) atoms. The molecule has 0 saturated carbocycles. The van der Waals surface area contributed by atoms with E-state index in [2.05, 4.69) is 17.9 Å². The molecule has 0 aromatic carbocycles. The van der Waals surface area contributed by atoms with Crippen molar-refractivity contribution in [2.45, 2.75) is 32.2 Å². The molecule has 2 heteroatoms. The maximum Gasteiger partial charge on any atom is 0.123 e. The third kappa shape index (κ3) is 1.68. The van der Waals surface area contributed by atoms with E-state index in [-0.39, 0.29) is 0 Å². The van der Waals surface area contributed by atoms with E-state index in [1.807, 2.05) is 0 Å². The molecule has 2 aliphatic heterocycles. The Morgan fingerprint density at radius 1 is 1.54 bits per heavy atom. The van der Waals surface area contributed by atoms with Gasteiger partial charge in [-0.2, -0.15) is 0 Å². The summed E-state index contributed by atoms with van der Waals surface area (Å²) in [6, 6.07) is 0.662. The average molecular weight is 179 g/mol. The number of aldehydes is 1. The molecule has 0 bridgehead atoms. The highest BCUT2D eigenvalue weighted by Gasteiger charge is 2.33. The van der Waals surface area contributed by atoms with Crippen molar-refractivity contribution in [1.29, 1.82) is 0 Å². The van der Waals surface area contributed by atoms with Gasteiger partial charge in [-0.15, -0.1) is 0 Å². The molecule has 2 aliphatic rings. The van der Waals surface area contributed by atoms with Crippen LogP contribution in [0.15, 0.2) is 11.6 Å². The molecule has 1 unspecified atom stereocenters. The molecule has 0 amide bonds. The fraction of sp³-hybridized carbons (Fsp3) is 0.727. The Morgan fingerprint density at radius 2 is 2.38 bits per heavy atom. The minimum atomic E-state index is 0.331. The average Bonchev–Trinajstić information content (AvgIpc) is 2.58. The third-order valence-electron chi connectivity index (χ3n) is 3.38. The fourth-order valence-corrected chi connectivity index (χ4v) is 2.51. The van der Waals surface area contributed by atoms with Crippen LogP contribution in [-0.4, -0.2) is 30.3 Å². The Morgan fingerprint density at radius 3 is 3.08 bits per heavy atom. The summed E-state index contributed by atoms with van der Waals surface area (Å²) in [5.41, 5.74) is 1.55. The second-order valence-electron chi connectivity index (χ2n) is 4.20. The number of hydrogen-bond acceptors (Lipinski definition) is 2. The first-order valence-corrected chi connectivity index (χ1v) is 5.17. The number of carbonyl (C=O) groups excluding carboxylic acids is 1. The molecule has 0 radical (unpaired) electrons. The molecule has 2 atom stereocenters. The van der Waals surface area contributed by atoms with Gasteiger partial charge in [0.1, 0.15) is 6.29 Å². The fourth-order valence-electron chi connectivity index (χ4n) is 2.51. The van der Waals surface area contributed by atoms with Gasteiger partial charge in [0.25, 0.3) is 0 Å². The SMILES string of the molecule is CC=C1C[C@@H]2CC(C=O)CCN2C1. The van der Waals surface area contributed by atoms with Gasteiger partial charge < -0.3 is 4.79 Å². The lowest BCUT2D eigenvalue weighted by molar-refractivity contribution is -0.112. The number of fused-ring (bicyclic) bond motifs is 1. The Labute approximate surface area is 79.6 Å². The van der Waals surface area contributed by atoms with Crippen LogP contribution in [0.5, 0.6) is 0 Å². The van der Waals surface area contributed by atoms with Gasteiger partial charge in [0.2, 0.25) is 0 Å². The maximum atomic E-state index is 10.7. The summed E-state index contributed by atoms with van der Waals surface area (Å²) in [7, 11) is 0. The summed E-state index contributed by atoms with van der Waals surface area (Å²) in [5, 5.41) is 0. The van der Waals surface area contributed by atoms with E-state index in [0.29, 0.717) is 12.0 Å². The zero-order chi connectivity index (χ0) is 9.26.